The summed E-state index contributed by atoms with van der Waals surface area (Å²) in [6, 6.07) is 9.87. The Morgan fingerprint density at radius 1 is 1.16 bits per heavy atom. The van der Waals surface area contributed by atoms with Crippen LogP contribution in [0, 0.1) is 0 Å². The number of hydrogen-bond acceptors (Lipinski definition) is 3. The molecule has 19 heavy (non-hydrogen) atoms. The summed E-state index contributed by atoms with van der Waals surface area (Å²) in [5, 5.41) is 3.28. The van der Waals surface area contributed by atoms with E-state index in [9.17, 15) is 9.00 Å². The second-order valence-corrected chi connectivity index (χ2v) is 6.79. The van der Waals surface area contributed by atoms with E-state index >= 15 is 0 Å². The van der Waals surface area contributed by atoms with Gasteiger partial charge in [-0.1, -0.05) is 30.3 Å². The van der Waals surface area contributed by atoms with Crippen LogP contribution in [-0.2, 0) is 15.6 Å². The Labute approximate surface area is 115 Å². The van der Waals surface area contributed by atoms with Gasteiger partial charge in [-0.2, -0.15) is 0 Å². The highest BCUT2D eigenvalue weighted by Crippen LogP contribution is 2.25. The van der Waals surface area contributed by atoms with Crippen molar-refractivity contribution in [1.82, 2.24) is 10.2 Å². The fraction of sp³-hybridized carbons (Fsp3) is 0.500. The first-order valence-corrected chi connectivity index (χ1v) is 8.18. The molecule has 5 heteroatoms. The molecule has 1 amide bonds. The van der Waals surface area contributed by atoms with Gasteiger partial charge in [0.25, 0.3) is 0 Å². The van der Waals surface area contributed by atoms with Crippen molar-refractivity contribution >= 4 is 16.7 Å². The van der Waals surface area contributed by atoms with Crippen LogP contribution in [0.4, 0.5) is 0 Å². The van der Waals surface area contributed by atoms with Gasteiger partial charge in [0.1, 0.15) is 6.04 Å². The summed E-state index contributed by atoms with van der Waals surface area (Å²) in [5.74, 6) is 1.61. The van der Waals surface area contributed by atoms with E-state index in [1.165, 1.54) is 0 Å². The number of nitrogens with zero attached hydrogens (tertiary/aromatic N) is 1. The van der Waals surface area contributed by atoms with E-state index in [0.29, 0.717) is 6.67 Å². The van der Waals surface area contributed by atoms with Gasteiger partial charge in [-0.05, 0) is 18.4 Å². The third-order valence-electron chi connectivity index (χ3n) is 3.93. The highest BCUT2D eigenvalue weighted by molar-refractivity contribution is 7.85. The van der Waals surface area contributed by atoms with E-state index < -0.39 is 10.8 Å². The number of amides is 1. The van der Waals surface area contributed by atoms with Crippen LogP contribution in [0.2, 0.25) is 0 Å². The van der Waals surface area contributed by atoms with E-state index in [4.69, 9.17) is 0 Å². The second kappa shape index (κ2) is 5.43. The number of benzene rings is 1. The lowest BCUT2D eigenvalue weighted by atomic mass is 10.1. The highest BCUT2D eigenvalue weighted by atomic mass is 32.2. The minimum absolute atomic E-state index is 0.156. The van der Waals surface area contributed by atoms with Crippen LogP contribution in [0.25, 0.3) is 0 Å². The maximum atomic E-state index is 12.5. The van der Waals surface area contributed by atoms with Crippen molar-refractivity contribution in [3.05, 3.63) is 35.9 Å². The quantitative estimate of drug-likeness (QED) is 0.879. The van der Waals surface area contributed by atoms with Gasteiger partial charge >= 0.3 is 0 Å². The molecule has 1 atom stereocenters. The molecule has 0 spiro atoms. The number of rotatable bonds is 2. The lowest BCUT2D eigenvalue weighted by molar-refractivity contribution is -0.131. The molecule has 0 bridgehead atoms. The van der Waals surface area contributed by atoms with Crippen molar-refractivity contribution in [3.8, 4) is 0 Å². The fourth-order valence-corrected chi connectivity index (χ4v) is 4.10. The van der Waals surface area contributed by atoms with E-state index in [1.54, 1.807) is 0 Å². The molecule has 2 heterocycles. The molecule has 0 saturated carbocycles. The molecule has 1 aromatic carbocycles. The van der Waals surface area contributed by atoms with Crippen molar-refractivity contribution < 1.29 is 9.00 Å². The summed E-state index contributed by atoms with van der Waals surface area (Å²) >= 11 is 0. The number of hydrogen-bond donors (Lipinski definition) is 1. The summed E-state index contributed by atoms with van der Waals surface area (Å²) in [6.45, 7) is 0.607. The molecule has 2 fully saturated rings. The van der Waals surface area contributed by atoms with Crippen LogP contribution >= 0.6 is 0 Å². The topological polar surface area (TPSA) is 49.4 Å². The predicted molar refractivity (Wildman–Crippen MR) is 74.9 cm³/mol. The molecule has 1 unspecified atom stereocenters. The van der Waals surface area contributed by atoms with Crippen LogP contribution in [0.3, 0.4) is 0 Å². The fourth-order valence-electron chi connectivity index (χ4n) is 2.83. The van der Waals surface area contributed by atoms with Gasteiger partial charge < -0.3 is 4.90 Å². The van der Waals surface area contributed by atoms with Gasteiger partial charge in [-0.3, -0.25) is 14.3 Å². The maximum Gasteiger partial charge on any atom is 0.245 e. The Kier molecular flexibility index (Phi) is 3.66. The Balaban J connectivity index is 1.70. The van der Waals surface area contributed by atoms with Crippen molar-refractivity contribution in [3.63, 3.8) is 0 Å². The zero-order valence-electron chi connectivity index (χ0n) is 10.7. The molecular weight excluding hydrogens is 260 g/mol. The standard InChI is InChI=1S/C14H18N2O2S/c17-14-13(11-4-2-1-3-5-11)15-10-16(14)12-6-8-19(18)9-7-12/h1-5,12-13,15H,6-10H2. The smallest absolute Gasteiger partial charge is 0.245 e. The average molecular weight is 278 g/mol. The summed E-state index contributed by atoms with van der Waals surface area (Å²) in [7, 11) is -0.675. The largest absolute Gasteiger partial charge is 0.325 e. The number of nitrogens with one attached hydrogen (secondary N) is 1. The first-order chi connectivity index (χ1) is 9.25. The minimum Gasteiger partial charge on any atom is -0.325 e. The Morgan fingerprint density at radius 2 is 1.84 bits per heavy atom. The monoisotopic (exact) mass is 278 g/mol. The summed E-state index contributed by atoms with van der Waals surface area (Å²) in [5.41, 5.74) is 1.02. The molecule has 0 radical (unpaired) electrons. The van der Waals surface area contributed by atoms with E-state index in [1.807, 2.05) is 35.2 Å². The lowest BCUT2D eigenvalue weighted by Gasteiger charge is -2.30. The second-order valence-electron chi connectivity index (χ2n) is 5.09. The molecule has 0 aromatic heterocycles. The highest BCUT2D eigenvalue weighted by Gasteiger charge is 2.37. The van der Waals surface area contributed by atoms with E-state index in [0.717, 1.165) is 29.9 Å². The molecule has 2 saturated heterocycles. The van der Waals surface area contributed by atoms with Gasteiger partial charge in [0, 0.05) is 28.3 Å². The zero-order chi connectivity index (χ0) is 13.2. The lowest BCUT2D eigenvalue weighted by Crippen LogP contribution is -2.41. The maximum absolute atomic E-state index is 12.5. The normalized spacial score (nSPS) is 31.7. The van der Waals surface area contributed by atoms with Gasteiger partial charge in [0.2, 0.25) is 5.91 Å². The average Bonchev–Trinajstić information content (AvgIpc) is 2.83. The molecule has 4 nitrogen and oxygen atoms in total. The Hall–Kier alpha value is -1.20. The number of carbonyl (C=O) groups is 1. The number of carbonyl (C=O) groups excluding carboxylic acids is 1. The van der Waals surface area contributed by atoms with Crippen molar-refractivity contribution in [2.45, 2.75) is 24.9 Å². The molecule has 2 aliphatic heterocycles. The molecule has 1 N–H and O–H groups in total. The summed E-state index contributed by atoms with van der Waals surface area (Å²) in [4.78, 5) is 14.4. The van der Waals surface area contributed by atoms with Crippen LogP contribution in [0.1, 0.15) is 24.4 Å². The van der Waals surface area contributed by atoms with Crippen molar-refractivity contribution in [2.24, 2.45) is 0 Å². The third-order valence-corrected chi connectivity index (χ3v) is 5.31. The first-order valence-electron chi connectivity index (χ1n) is 6.69. The van der Waals surface area contributed by atoms with Gasteiger partial charge in [0.05, 0.1) is 6.67 Å². The van der Waals surface area contributed by atoms with Gasteiger partial charge in [-0.25, -0.2) is 0 Å². The molecule has 2 aliphatic rings. The Bertz CT molecular complexity index is 481. The zero-order valence-corrected chi connectivity index (χ0v) is 11.6. The summed E-state index contributed by atoms with van der Waals surface area (Å²) in [6.07, 6.45) is 1.73. The molecule has 102 valence electrons. The van der Waals surface area contributed by atoms with Crippen LogP contribution in [0.5, 0.6) is 0 Å². The third kappa shape index (κ3) is 2.58. The van der Waals surface area contributed by atoms with Gasteiger partial charge in [0.15, 0.2) is 0 Å². The molecule has 0 aliphatic carbocycles. The Morgan fingerprint density at radius 3 is 2.53 bits per heavy atom. The predicted octanol–water partition coefficient (Wildman–Crippen LogP) is 1.03. The molecule has 3 rings (SSSR count). The first kappa shape index (κ1) is 12.8. The van der Waals surface area contributed by atoms with E-state index in [2.05, 4.69) is 5.32 Å². The van der Waals surface area contributed by atoms with Crippen LogP contribution in [-0.4, -0.2) is 39.2 Å². The van der Waals surface area contributed by atoms with Crippen LogP contribution in [0.15, 0.2) is 30.3 Å². The summed E-state index contributed by atoms with van der Waals surface area (Å²) < 4.78 is 11.4. The van der Waals surface area contributed by atoms with Crippen LogP contribution < -0.4 is 5.32 Å². The van der Waals surface area contributed by atoms with Gasteiger partial charge in [-0.15, -0.1) is 0 Å². The SMILES string of the molecule is O=C1C(c2ccccc2)NCN1C1CCS(=O)CC1. The molecule has 1 aromatic rings. The minimum atomic E-state index is -0.675. The van der Waals surface area contributed by atoms with Crippen molar-refractivity contribution in [2.75, 3.05) is 18.2 Å². The van der Waals surface area contributed by atoms with Crippen molar-refractivity contribution in [1.29, 1.82) is 0 Å². The van der Waals surface area contributed by atoms with E-state index in [-0.39, 0.29) is 18.0 Å². The molecular formula is C14H18N2O2S.